The van der Waals surface area contributed by atoms with Crippen molar-refractivity contribution in [1.29, 1.82) is 0 Å². The molecule has 8 nitrogen and oxygen atoms in total. The Hall–Kier alpha value is -4.20. The number of carbonyl (C=O) groups is 2. The van der Waals surface area contributed by atoms with E-state index in [4.69, 9.17) is 0 Å². The summed E-state index contributed by atoms with van der Waals surface area (Å²) in [5.41, 5.74) is 3.20. The number of rotatable bonds is 9. The van der Waals surface area contributed by atoms with E-state index in [0.29, 0.717) is 24.0 Å². The number of phenolic OH excluding ortho intramolecular Hbond substituents is 1. The van der Waals surface area contributed by atoms with Crippen LogP contribution in [0.3, 0.4) is 0 Å². The van der Waals surface area contributed by atoms with E-state index in [1.807, 2.05) is 54.6 Å². The fourth-order valence-electron chi connectivity index (χ4n) is 5.20. The van der Waals surface area contributed by atoms with E-state index < -0.39 is 6.04 Å². The molecule has 1 aliphatic carbocycles. The van der Waals surface area contributed by atoms with Gasteiger partial charge in [0.1, 0.15) is 23.9 Å². The molecule has 0 radical (unpaired) electrons. The van der Waals surface area contributed by atoms with Crippen LogP contribution in [0.4, 0.5) is 0 Å². The van der Waals surface area contributed by atoms with Crippen molar-refractivity contribution >= 4 is 22.8 Å². The van der Waals surface area contributed by atoms with Crippen molar-refractivity contribution in [2.75, 3.05) is 6.54 Å². The number of benzene rings is 3. The van der Waals surface area contributed by atoms with Gasteiger partial charge in [-0.15, -0.1) is 5.10 Å². The van der Waals surface area contributed by atoms with Crippen molar-refractivity contribution in [1.82, 2.24) is 25.2 Å². The molecule has 2 amide bonds. The molecule has 1 fully saturated rings. The van der Waals surface area contributed by atoms with Gasteiger partial charge < -0.3 is 15.3 Å². The lowest BCUT2D eigenvalue weighted by Crippen LogP contribution is -2.48. The first-order chi connectivity index (χ1) is 18.6. The molecule has 1 atom stereocenters. The van der Waals surface area contributed by atoms with Crippen molar-refractivity contribution in [2.24, 2.45) is 0 Å². The van der Waals surface area contributed by atoms with Crippen molar-refractivity contribution in [3.05, 3.63) is 90.0 Å². The fraction of sp³-hybridized carbons (Fsp3) is 0.333. The molecule has 0 unspecified atom stereocenters. The number of fused-ring (bicyclic) bond motifs is 1. The number of aromatic hydroxyl groups is 1. The summed E-state index contributed by atoms with van der Waals surface area (Å²) in [5.74, 6) is -0.322. The molecule has 38 heavy (non-hydrogen) atoms. The minimum Gasteiger partial charge on any atom is -0.508 e. The lowest BCUT2D eigenvalue weighted by atomic mass is 9.94. The molecule has 5 rings (SSSR count). The topological polar surface area (TPSA) is 100 Å². The lowest BCUT2D eigenvalue weighted by molar-refractivity contribution is -0.141. The first-order valence-corrected chi connectivity index (χ1v) is 13.3. The Morgan fingerprint density at radius 3 is 2.42 bits per heavy atom. The van der Waals surface area contributed by atoms with Gasteiger partial charge in [-0.2, -0.15) is 0 Å². The van der Waals surface area contributed by atoms with Crippen LogP contribution >= 0.6 is 0 Å². The van der Waals surface area contributed by atoms with Crippen molar-refractivity contribution in [3.8, 4) is 5.75 Å². The van der Waals surface area contributed by atoms with Crippen LogP contribution < -0.4 is 5.32 Å². The minimum atomic E-state index is -0.844. The summed E-state index contributed by atoms with van der Waals surface area (Å²) in [5, 5.41) is 21.5. The average molecular weight is 512 g/mol. The zero-order chi connectivity index (χ0) is 26.3. The average Bonchev–Trinajstić information content (AvgIpc) is 3.35. The SMILES string of the molecule is O=C(NC1CCCCC1)[C@H](c1ccc(O)cc1)N(CCc1ccccc1)C(=O)Cn1nnc2ccccc21. The quantitative estimate of drug-likeness (QED) is 0.347. The van der Waals surface area contributed by atoms with Crippen LogP contribution in [-0.2, 0) is 22.6 Å². The molecule has 8 heteroatoms. The molecule has 4 aromatic rings. The highest BCUT2D eigenvalue weighted by Crippen LogP contribution is 2.26. The predicted octanol–water partition coefficient (Wildman–Crippen LogP) is 4.40. The van der Waals surface area contributed by atoms with Crippen LogP contribution in [0.1, 0.15) is 49.3 Å². The smallest absolute Gasteiger partial charge is 0.247 e. The molecule has 0 aliphatic heterocycles. The molecule has 1 aromatic heterocycles. The third kappa shape index (κ3) is 6.02. The zero-order valence-corrected chi connectivity index (χ0v) is 21.4. The van der Waals surface area contributed by atoms with E-state index >= 15 is 0 Å². The third-order valence-electron chi connectivity index (χ3n) is 7.23. The number of phenols is 1. The highest BCUT2D eigenvalue weighted by Gasteiger charge is 2.33. The molecule has 3 aromatic carbocycles. The molecule has 1 heterocycles. The summed E-state index contributed by atoms with van der Waals surface area (Å²) >= 11 is 0. The standard InChI is InChI=1S/C30H33N5O3/c36-25-17-15-23(16-18-25)29(30(38)31-24-11-5-2-6-12-24)34(20-19-22-9-3-1-4-10-22)28(37)21-35-27-14-8-7-13-26(27)32-33-35/h1,3-4,7-10,13-18,24,29,36H,2,5-6,11-12,19-21H2,(H,31,38)/t29-/m0/s1. The Morgan fingerprint density at radius 1 is 0.947 bits per heavy atom. The Kier molecular flexibility index (Phi) is 7.97. The van der Waals surface area contributed by atoms with Crippen LogP contribution in [0, 0.1) is 0 Å². The summed E-state index contributed by atoms with van der Waals surface area (Å²) in [7, 11) is 0. The van der Waals surface area contributed by atoms with Crippen LogP contribution in [0.25, 0.3) is 11.0 Å². The second-order valence-corrected chi connectivity index (χ2v) is 9.90. The van der Waals surface area contributed by atoms with Gasteiger partial charge in [0.15, 0.2) is 0 Å². The highest BCUT2D eigenvalue weighted by atomic mass is 16.3. The summed E-state index contributed by atoms with van der Waals surface area (Å²) in [6, 6.07) is 23.2. The molecule has 2 N–H and O–H groups in total. The largest absolute Gasteiger partial charge is 0.508 e. The number of amides is 2. The number of hydrogen-bond donors (Lipinski definition) is 2. The maximum absolute atomic E-state index is 14.0. The van der Waals surface area contributed by atoms with Crippen LogP contribution in [-0.4, -0.2) is 49.4 Å². The number of para-hydroxylation sites is 1. The van der Waals surface area contributed by atoms with E-state index in [1.165, 1.54) is 6.42 Å². The first-order valence-electron chi connectivity index (χ1n) is 13.3. The van der Waals surface area contributed by atoms with Crippen LogP contribution in [0.15, 0.2) is 78.9 Å². The van der Waals surface area contributed by atoms with Gasteiger partial charge in [-0.25, -0.2) is 4.68 Å². The van der Waals surface area contributed by atoms with Crippen molar-refractivity contribution in [2.45, 2.75) is 57.2 Å². The second kappa shape index (κ2) is 11.9. The summed E-state index contributed by atoms with van der Waals surface area (Å²) in [6.07, 6.45) is 5.83. The highest BCUT2D eigenvalue weighted by molar-refractivity contribution is 5.89. The fourth-order valence-corrected chi connectivity index (χ4v) is 5.20. The molecule has 1 saturated carbocycles. The Labute approximate surface area is 222 Å². The molecule has 0 bridgehead atoms. The zero-order valence-electron chi connectivity index (χ0n) is 21.4. The molecule has 196 valence electrons. The number of aromatic nitrogens is 3. The van der Waals surface area contributed by atoms with E-state index in [1.54, 1.807) is 33.8 Å². The van der Waals surface area contributed by atoms with Crippen molar-refractivity contribution in [3.63, 3.8) is 0 Å². The number of nitrogens with zero attached hydrogens (tertiary/aromatic N) is 4. The molecule has 0 spiro atoms. The van der Waals surface area contributed by atoms with Gasteiger partial charge in [0.2, 0.25) is 11.8 Å². The summed E-state index contributed by atoms with van der Waals surface area (Å²) in [6.45, 7) is 0.305. The monoisotopic (exact) mass is 511 g/mol. The summed E-state index contributed by atoms with van der Waals surface area (Å²) < 4.78 is 1.58. The maximum Gasteiger partial charge on any atom is 0.247 e. The minimum absolute atomic E-state index is 0.0411. The van der Waals surface area contributed by atoms with E-state index in [-0.39, 0.29) is 30.2 Å². The molecule has 0 saturated heterocycles. The Balaban J connectivity index is 1.47. The predicted molar refractivity (Wildman–Crippen MR) is 145 cm³/mol. The number of carbonyl (C=O) groups excluding carboxylic acids is 2. The normalized spacial score (nSPS) is 14.7. The van der Waals surface area contributed by atoms with Crippen LogP contribution in [0.5, 0.6) is 5.75 Å². The van der Waals surface area contributed by atoms with Gasteiger partial charge in [0.25, 0.3) is 0 Å². The lowest BCUT2D eigenvalue weighted by Gasteiger charge is -2.33. The Bertz CT molecular complexity index is 1360. The number of hydrogen-bond acceptors (Lipinski definition) is 5. The van der Waals surface area contributed by atoms with Gasteiger partial charge >= 0.3 is 0 Å². The van der Waals surface area contributed by atoms with E-state index in [9.17, 15) is 14.7 Å². The third-order valence-corrected chi connectivity index (χ3v) is 7.23. The van der Waals surface area contributed by atoms with Gasteiger partial charge in [0.05, 0.1) is 5.52 Å². The van der Waals surface area contributed by atoms with E-state index in [2.05, 4.69) is 15.6 Å². The molecular formula is C30H33N5O3. The molecule has 1 aliphatic rings. The van der Waals surface area contributed by atoms with Gasteiger partial charge in [-0.05, 0) is 54.7 Å². The number of nitrogens with one attached hydrogen (secondary N) is 1. The van der Waals surface area contributed by atoms with Gasteiger partial charge in [0, 0.05) is 12.6 Å². The first kappa shape index (κ1) is 25.4. The second-order valence-electron chi connectivity index (χ2n) is 9.90. The summed E-state index contributed by atoms with van der Waals surface area (Å²) in [4.78, 5) is 29.5. The maximum atomic E-state index is 14.0. The van der Waals surface area contributed by atoms with Crippen molar-refractivity contribution < 1.29 is 14.7 Å². The Morgan fingerprint density at radius 2 is 1.66 bits per heavy atom. The van der Waals surface area contributed by atoms with Gasteiger partial charge in [-0.3, -0.25) is 9.59 Å². The van der Waals surface area contributed by atoms with E-state index in [0.717, 1.165) is 36.8 Å². The van der Waals surface area contributed by atoms with Gasteiger partial charge in [-0.1, -0.05) is 79.1 Å². The van der Waals surface area contributed by atoms with Crippen LogP contribution in [0.2, 0.25) is 0 Å². The molecular weight excluding hydrogens is 478 g/mol.